The average molecular weight is 470 g/mol. The number of ether oxygens (including phenoxy) is 1. The maximum absolute atomic E-state index is 13.3. The monoisotopic (exact) mass is 469 g/mol. The molecule has 3 aromatic rings. The van der Waals surface area contributed by atoms with Crippen molar-refractivity contribution in [2.24, 2.45) is 0 Å². The Morgan fingerprint density at radius 1 is 0.743 bits per heavy atom. The van der Waals surface area contributed by atoms with Gasteiger partial charge in [-0.3, -0.25) is 14.5 Å². The summed E-state index contributed by atoms with van der Waals surface area (Å²) in [6, 6.07) is 26.9. The van der Waals surface area contributed by atoms with E-state index in [0.717, 1.165) is 44.0 Å². The second-order valence-corrected chi connectivity index (χ2v) is 9.18. The Labute approximate surface area is 206 Å². The topological polar surface area (TPSA) is 53.1 Å². The van der Waals surface area contributed by atoms with Crippen LogP contribution < -0.4 is 4.74 Å². The van der Waals surface area contributed by atoms with Crippen LogP contribution in [0.3, 0.4) is 0 Å². The van der Waals surface area contributed by atoms with Gasteiger partial charge < -0.3 is 14.5 Å². The summed E-state index contributed by atoms with van der Waals surface area (Å²) in [4.78, 5) is 32.3. The van der Waals surface area contributed by atoms with E-state index >= 15 is 0 Å². The van der Waals surface area contributed by atoms with Crippen molar-refractivity contribution in [1.29, 1.82) is 0 Å². The summed E-state index contributed by atoms with van der Waals surface area (Å²) >= 11 is 0. The number of benzene rings is 3. The van der Waals surface area contributed by atoms with E-state index in [-0.39, 0.29) is 17.9 Å². The van der Waals surface area contributed by atoms with Gasteiger partial charge in [0.05, 0.1) is 0 Å². The number of amides is 2. The molecule has 0 radical (unpaired) electrons. The van der Waals surface area contributed by atoms with Crippen molar-refractivity contribution in [2.45, 2.75) is 25.4 Å². The van der Waals surface area contributed by atoms with Crippen LogP contribution in [0.2, 0.25) is 0 Å². The highest BCUT2D eigenvalue weighted by Crippen LogP contribution is 2.24. The lowest BCUT2D eigenvalue weighted by molar-refractivity contribution is -0.137. The molecule has 1 atom stereocenters. The molecular formula is C29H31N3O3. The minimum Gasteiger partial charge on any atom is -0.457 e. The highest BCUT2D eigenvalue weighted by Gasteiger charge is 2.37. The van der Waals surface area contributed by atoms with Gasteiger partial charge in [0.1, 0.15) is 17.5 Å². The van der Waals surface area contributed by atoms with Crippen molar-refractivity contribution in [3.05, 3.63) is 96.1 Å². The fourth-order valence-corrected chi connectivity index (χ4v) is 4.90. The van der Waals surface area contributed by atoms with Gasteiger partial charge in [0.2, 0.25) is 5.91 Å². The highest BCUT2D eigenvalue weighted by molar-refractivity contribution is 5.98. The third-order valence-electron chi connectivity index (χ3n) is 6.81. The summed E-state index contributed by atoms with van der Waals surface area (Å²) in [7, 11) is 0. The summed E-state index contributed by atoms with van der Waals surface area (Å²) in [5.41, 5.74) is 1.87. The molecule has 0 N–H and O–H groups in total. The Balaban J connectivity index is 1.12. The predicted molar refractivity (Wildman–Crippen MR) is 135 cm³/mol. The molecule has 2 aliphatic rings. The lowest BCUT2D eigenvalue weighted by Crippen LogP contribution is -2.54. The lowest BCUT2D eigenvalue weighted by Gasteiger charge is -2.37. The summed E-state index contributed by atoms with van der Waals surface area (Å²) in [5, 5.41) is 0. The molecule has 5 rings (SSSR count). The lowest BCUT2D eigenvalue weighted by atomic mass is 10.1. The summed E-state index contributed by atoms with van der Waals surface area (Å²) < 4.78 is 5.88. The molecule has 35 heavy (non-hydrogen) atoms. The normalized spacial score (nSPS) is 18.5. The first kappa shape index (κ1) is 23.1. The molecule has 0 bridgehead atoms. The molecule has 2 aliphatic heterocycles. The van der Waals surface area contributed by atoms with Crippen LogP contribution in [0.15, 0.2) is 84.9 Å². The van der Waals surface area contributed by atoms with Gasteiger partial charge in [-0.05, 0) is 54.8 Å². The minimum atomic E-state index is -0.341. The van der Waals surface area contributed by atoms with E-state index in [2.05, 4.69) is 17.0 Å². The van der Waals surface area contributed by atoms with E-state index in [1.165, 1.54) is 5.56 Å². The molecule has 6 heteroatoms. The number of likely N-dealkylation sites (tertiary alicyclic amines) is 1. The van der Waals surface area contributed by atoms with Gasteiger partial charge in [-0.15, -0.1) is 0 Å². The second-order valence-electron chi connectivity index (χ2n) is 9.18. The van der Waals surface area contributed by atoms with Gasteiger partial charge in [-0.2, -0.15) is 0 Å². The average Bonchev–Trinajstić information content (AvgIpc) is 3.41. The molecule has 0 saturated carbocycles. The maximum atomic E-state index is 13.3. The standard InChI is InChI=1S/C29H31N3O3/c33-28(24-8-3-1-4-9-24)32-17-7-12-27(32)29(34)31-20-18-30(19-21-31)22-23-13-15-26(16-14-23)35-25-10-5-2-6-11-25/h1-6,8-11,13-16,27H,7,12,17-22H2/t27-/m1/s1. The Bertz CT molecular complexity index is 1130. The Morgan fingerprint density at radius 3 is 2.06 bits per heavy atom. The van der Waals surface area contributed by atoms with E-state index < -0.39 is 0 Å². The molecular weight excluding hydrogens is 438 g/mol. The van der Waals surface area contributed by atoms with Crippen LogP contribution in [0, 0.1) is 0 Å². The maximum Gasteiger partial charge on any atom is 0.254 e. The van der Waals surface area contributed by atoms with Crippen LogP contribution in [0.1, 0.15) is 28.8 Å². The molecule has 180 valence electrons. The van der Waals surface area contributed by atoms with E-state index in [4.69, 9.17) is 4.74 Å². The molecule has 2 heterocycles. The zero-order chi connectivity index (χ0) is 24.0. The largest absolute Gasteiger partial charge is 0.457 e. The Kier molecular flexibility index (Phi) is 7.09. The first-order valence-corrected chi connectivity index (χ1v) is 12.4. The van der Waals surface area contributed by atoms with Crippen LogP contribution in [-0.2, 0) is 11.3 Å². The molecule has 0 aliphatic carbocycles. The number of hydrogen-bond donors (Lipinski definition) is 0. The summed E-state index contributed by atoms with van der Waals surface area (Å²) in [6.45, 7) is 4.53. The summed E-state index contributed by atoms with van der Waals surface area (Å²) in [5.74, 6) is 1.70. The molecule has 0 unspecified atom stereocenters. The number of carbonyl (C=O) groups is 2. The first-order valence-electron chi connectivity index (χ1n) is 12.4. The van der Waals surface area contributed by atoms with Crippen LogP contribution in [0.4, 0.5) is 0 Å². The molecule has 2 fully saturated rings. The van der Waals surface area contributed by atoms with Crippen LogP contribution >= 0.6 is 0 Å². The van der Waals surface area contributed by atoms with Crippen molar-refractivity contribution >= 4 is 11.8 Å². The molecule has 6 nitrogen and oxygen atoms in total. The smallest absolute Gasteiger partial charge is 0.254 e. The van der Waals surface area contributed by atoms with Gasteiger partial charge in [-0.1, -0.05) is 48.5 Å². The molecule has 2 saturated heterocycles. The van der Waals surface area contributed by atoms with Crippen LogP contribution in [0.25, 0.3) is 0 Å². The molecule has 0 aromatic heterocycles. The van der Waals surface area contributed by atoms with E-state index in [0.29, 0.717) is 25.2 Å². The predicted octanol–water partition coefficient (Wildman–Crippen LogP) is 4.43. The second kappa shape index (κ2) is 10.7. The SMILES string of the molecule is O=C([C@H]1CCCN1C(=O)c1ccccc1)N1CCN(Cc2ccc(Oc3ccccc3)cc2)CC1. The first-order chi connectivity index (χ1) is 17.2. The third-order valence-corrected chi connectivity index (χ3v) is 6.81. The van der Waals surface area contributed by atoms with Crippen molar-refractivity contribution < 1.29 is 14.3 Å². The molecule has 0 spiro atoms. The molecule has 3 aromatic carbocycles. The molecule has 2 amide bonds. The zero-order valence-electron chi connectivity index (χ0n) is 19.9. The fourth-order valence-electron chi connectivity index (χ4n) is 4.90. The van der Waals surface area contributed by atoms with Gasteiger partial charge in [0.25, 0.3) is 5.91 Å². The van der Waals surface area contributed by atoms with Crippen molar-refractivity contribution in [2.75, 3.05) is 32.7 Å². The van der Waals surface area contributed by atoms with Gasteiger partial charge in [-0.25, -0.2) is 0 Å². The van der Waals surface area contributed by atoms with E-state index in [1.54, 1.807) is 4.90 Å². The van der Waals surface area contributed by atoms with Crippen molar-refractivity contribution in [3.8, 4) is 11.5 Å². The summed E-state index contributed by atoms with van der Waals surface area (Å²) in [6.07, 6.45) is 1.62. The van der Waals surface area contributed by atoms with Gasteiger partial charge >= 0.3 is 0 Å². The van der Waals surface area contributed by atoms with Gasteiger partial charge in [0, 0.05) is 44.8 Å². The van der Waals surface area contributed by atoms with Crippen molar-refractivity contribution in [1.82, 2.24) is 14.7 Å². The van der Waals surface area contributed by atoms with E-state index in [9.17, 15) is 9.59 Å². The van der Waals surface area contributed by atoms with Crippen LogP contribution in [-0.4, -0.2) is 65.3 Å². The van der Waals surface area contributed by atoms with Crippen LogP contribution in [0.5, 0.6) is 11.5 Å². The van der Waals surface area contributed by atoms with Crippen molar-refractivity contribution in [3.63, 3.8) is 0 Å². The minimum absolute atomic E-state index is 0.0419. The quantitative estimate of drug-likeness (QED) is 0.536. The zero-order valence-corrected chi connectivity index (χ0v) is 19.9. The number of piperazine rings is 1. The fraction of sp³-hybridized carbons (Fsp3) is 0.310. The van der Waals surface area contributed by atoms with E-state index in [1.807, 2.05) is 77.7 Å². The number of rotatable bonds is 6. The number of hydrogen-bond acceptors (Lipinski definition) is 4. The van der Waals surface area contributed by atoms with Gasteiger partial charge in [0.15, 0.2) is 0 Å². The number of para-hydroxylation sites is 1. The Morgan fingerprint density at radius 2 is 1.37 bits per heavy atom. The Hall–Kier alpha value is -3.64. The number of carbonyl (C=O) groups excluding carboxylic acids is 2. The third kappa shape index (κ3) is 5.54. The highest BCUT2D eigenvalue weighted by atomic mass is 16.5. The number of nitrogens with zero attached hydrogens (tertiary/aromatic N) is 3.